The number of aryl methyl sites for hydroxylation is 1. The number of rotatable bonds is 7. The van der Waals surface area contributed by atoms with Crippen LogP contribution in [0.4, 0.5) is 0 Å². The Labute approximate surface area is 174 Å². The van der Waals surface area contributed by atoms with Gasteiger partial charge in [0.25, 0.3) is 0 Å². The van der Waals surface area contributed by atoms with Gasteiger partial charge < -0.3 is 9.64 Å². The Morgan fingerprint density at radius 3 is 2.61 bits per heavy atom. The highest BCUT2D eigenvalue weighted by atomic mass is 79.9. The van der Waals surface area contributed by atoms with Crippen molar-refractivity contribution in [3.05, 3.63) is 76.0 Å². The van der Waals surface area contributed by atoms with Gasteiger partial charge in [-0.3, -0.25) is 4.79 Å². The van der Waals surface area contributed by atoms with Crippen molar-refractivity contribution in [2.24, 2.45) is 0 Å². The van der Waals surface area contributed by atoms with E-state index in [0.717, 1.165) is 32.9 Å². The Kier molecular flexibility index (Phi) is 6.52. The van der Waals surface area contributed by atoms with Gasteiger partial charge >= 0.3 is 0 Å². The Morgan fingerprint density at radius 2 is 1.89 bits per heavy atom. The van der Waals surface area contributed by atoms with Gasteiger partial charge in [-0.05, 0) is 44.2 Å². The van der Waals surface area contributed by atoms with Crippen molar-refractivity contribution in [1.82, 2.24) is 14.7 Å². The minimum Gasteiger partial charge on any atom is -0.493 e. The summed E-state index contributed by atoms with van der Waals surface area (Å²) >= 11 is 3.41. The second-order valence-corrected chi connectivity index (χ2v) is 7.62. The Morgan fingerprint density at radius 1 is 1.14 bits per heavy atom. The van der Waals surface area contributed by atoms with E-state index in [-0.39, 0.29) is 5.91 Å². The molecule has 0 atom stereocenters. The van der Waals surface area contributed by atoms with E-state index in [2.05, 4.69) is 21.0 Å². The molecule has 0 fully saturated rings. The molecule has 1 aromatic heterocycles. The van der Waals surface area contributed by atoms with Crippen LogP contribution in [-0.4, -0.2) is 34.2 Å². The summed E-state index contributed by atoms with van der Waals surface area (Å²) < 4.78 is 8.56. The van der Waals surface area contributed by atoms with Crippen LogP contribution in [0.5, 0.6) is 5.75 Å². The molecule has 0 saturated heterocycles. The number of halogens is 1. The van der Waals surface area contributed by atoms with E-state index in [1.807, 2.05) is 80.2 Å². The number of ether oxygens (including phenoxy) is 1. The van der Waals surface area contributed by atoms with Gasteiger partial charge in [-0.25, -0.2) is 4.68 Å². The van der Waals surface area contributed by atoms with Crippen LogP contribution in [-0.2, 0) is 11.3 Å². The van der Waals surface area contributed by atoms with Gasteiger partial charge in [-0.15, -0.1) is 0 Å². The van der Waals surface area contributed by atoms with Crippen molar-refractivity contribution in [1.29, 1.82) is 0 Å². The molecule has 0 unspecified atom stereocenters. The maximum absolute atomic E-state index is 12.5. The number of hydrogen-bond acceptors (Lipinski definition) is 3. The van der Waals surface area contributed by atoms with Crippen LogP contribution in [0.15, 0.2) is 59.1 Å². The SMILES string of the molecule is Cc1nn(-c2ccccc2)c(C)c1CN(C)C(=O)CCOc1cccc(Br)c1. The number of carbonyl (C=O) groups excluding carboxylic acids is 1. The number of benzene rings is 2. The third-order valence-corrected chi connectivity index (χ3v) is 5.14. The van der Waals surface area contributed by atoms with Crippen LogP contribution < -0.4 is 4.74 Å². The molecule has 28 heavy (non-hydrogen) atoms. The fraction of sp³-hybridized carbons (Fsp3) is 0.273. The van der Waals surface area contributed by atoms with Crippen molar-refractivity contribution < 1.29 is 9.53 Å². The van der Waals surface area contributed by atoms with E-state index >= 15 is 0 Å². The van der Waals surface area contributed by atoms with Crippen LogP contribution in [0.25, 0.3) is 5.69 Å². The first kappa shape index (κ1) is 20.1. The van der Waals surface area contributed by atoms with Gasteiger partial charge in [0.2, 0.25) is 5.91 Å². The summed E-state index contributed by atoms with van der Waals surface area (Å²) in [6.45, 7) is 4.90. The lowest BCUT2D eigenvalue weighted by Gasteiger charge is -2.18. The zero-order valence-corrected chi connectivity index (χ0v) is 17.9. The van der Waals surface area contributed by atoms with E-state index in [1.54, 1.807) is 4.90 Å². The summed E-state index contributed by atoms with van der Waals surface area (Å²) in [5.41, 5.74) is 4.08. The van der Waals surface area contributed by atoms with Crippen LogP contribution >= 0.6 is 15.9 Å². The highest BCUT2D eigenvalue weighted by Crippen LogP contribution is 2.20. The Bertz CT molecular complexity index is 954. The quantitative estimate of drug-likeness (QED) is 0.534. The fourth-order valence-electron chi connectivity index (χ4n) is 3.05. The van der Waals surface area contributed by atoms with Gasteiger partial charge in [0.05, 0.1) is 24.4 Å². The predicted octanol–water partition coefficient (Wildman–Crippen LogP) is 4.68. The summed E-state index contributed by atoms with van der Waals surface area (Å²) in [4.78, 5) is 14.2. The van der Waals surface area contributed by atoms with Crippen LogP contribution in [0.3, 0.4) is 0 Å². The molecule has 0 N–H and O–H groups in total. The first-order valence-electron chi connectivity index (χ1n) is 9.18. The summed E-state index contributed by atoms with van der Waals surface area (Å²) in [6.07, 6.45) is 0.327. The first-order valence-corrected chi connectivity index (χ1v) is 9.98. The molecule has 0 aliphatic carbocycles. The number of carbonyl (C=O) groups is 1. The number of aromatic nitrogens is 2. The molecule has 0 aliphatic heterocycles. The third kappa shape index (κ3) is 4.81. The van der Waals surface area contributed by atoms with E-state index in [9.17, 15) is 4.79 Å². The lowest BCUT2D eigenvalue weighted by Crippen LogP contribution is -2.28. The molecule has 1 amide bonds. The average Bonchev–Trinajstić information content (AvgIpc) is 2.97. The molecule has 0 spiro atoms. The molecule has 3 rings (SSSR count). The Balaban J connectivity index is 1.60. The van der Waals surface area contributed by atoms with Crippen LogP contribution in [0.1, 0.15) is 23.4 Å². The topological polar surface area (TPSA) is 47.4 Å². The summed E-state index contributed by atoms with van der Waals surface area (Å²) in [7, 11) is 1.82. The average molecular weight is 442 g/mol. The highest BCUT2D eigenvalue weighted by molar-refractivity contribution is 9.10. The van der Waals surface area contributed by atoms with E-state index in [4.69, 9.17) is 4.74 Å². The van der Waals surface area contributed by atoms with Gasteiger partial charge in [-0.2, -0.15) is 5.10 Å². The first-order chi connectivity index (χ1) is 13.5. The van der Waals surface area contributed by atoms with E-state index in [0.29, 0.717) is 19.6 Å². The van der Waals surface area contributed by atoms with E-state index in [1.165, 1.54) is 0 Å². The number of hydrogen-bond donors (Lipinski definition) is 0. The Hall–Kier alpha value is -2.60. The molecule has 0 radical (unpaired) electrons. The number of para-hydroxylation sites is 1. The molecule has 146 valence electrons. The molecule has 0 aliphatic rings. The van der Waals surface area contributed by atoms with Crippen molar-refractivity contribution >= 4 is 21.8 Å². The van der Waals surface area contributed by atoms with Crippen molar-refractivity contribution in [2.75, 3.05) is 13.7 Å². The van der Waals surface area contributed by atoms with Crippen molar-refractivity contribution in [3.63, 3.8) is 0 Å². The van der Waals surface area contributed by atoms with Gasteiger partial charge in [0.15, 0.2) is 0 Å². The van der Waals surface area contributed by atoms with Crippen LogP contribution in [0, 0.1) is 13.8 Å². The molecule has 0 saturated carbocycles. The molecule has 0 bridgehead atoms. The van der Waals surface area contributed by atoms with Gasteiger partial charge in [0, 0.05) is 29.3 Å². The minimum absolute atomic E-state index is 0.0428. The molecule has 2 aromatic carbocycles. The zero-order chi connectivity index (χ0) is 20.1. The van der Waals surface area contributed by atoms with Crippen molar-refractivity contribution in [3.8, 4) is 11.4 Å². The maximum atomic E-state index is 12.5. The van der Waals surface area contributed by atoms with Crippen LogP contribution in [0.2, 0.25) is 0 Å². The lowest BCUT2D eigenvalue weighted by molar-refractivity contribution is -0.130. The lowest BCUT2D eigenvalue weighted by atomic mass is 10.2. The monoisotopic (exact) mass is 441 g/mol. The third-order valence-electron chi connectivity index (χ3n) is 4.64. The highest BCUT2D eigenvalue weighted by Gasteiger charge is 2.17. The largest absolute Gasteiger partial charge is 0.493 e. The summed E-state index contributed by atoms with van der Waals surface area (Å²) in [5, 5.41) is 4.65. The predicted molar refractivity (Wildman–Crippen MR) is 114 cm³/mol. The molecular formula is C22H24BrN3O2. The molecule has 5 nitrogen and oxygen atoms in total. The smallest absolute Gasteiger partial charge is 0.226 e. The van der Waals surface area contributed by atoms with Gasteiger partial charge in [-0.1, -0.05) is 40.2 Å². The van der Waals surface area contributed by atoms with Gasteiger partial charge in [0.1, 0.15) is 5.75 Å². The van der Waals surface area contributed by atoms with Crippen molar-refractivity contribution in [2.45, 2.75) is 26.8 Å². The molecule has 1 heterocycles. The normalized spacial score (nSPS) is 10.7. The maximum Gasteiger partial charge on any atom is 0.226 e. The molecular weight excluding hydrogens is 418 g/mol. The second-order valence-electron chi connectivity index (χ2n) is 6.70. The standard InChI is InChI=1S/C22H24BrN3O2/c1-16-21(17(2)26(24-16)19-9-5-4-6-10-19)15-25(3)22(27)12-13-28-20-11-7-8-18(23)14-20/h4-11,14H,12-13,15H2,1-3H3. The fourth-order valence-corrected chi connectivity index (χ4v) is 3.43. The van der Waals surface area contributed by atoms with E-state index < -0.39 is 0 Å². The summed E-state index contributed by atoms with van der Waals surface area (Å²) in [5.74, 6) is 0.793. The molecule has 3 aromatic rings. The number of nitrogens with zero attached hydrogens (tertiary/aromatic N) is 3. The molecule has 6 heteroatoms. The summed E-state index contributed by atoms with van der Waals surface area (Å²) in [6, 6.07) is 17.6. The minimum atomic E-state index is 0.0428. The number of amides is 1. The second kappa shape index (κ2) is 9.06. The zero-order valence-electron chi connectivity index (χ0n) is 16.4.